The number of carboxylic acids is 1. The van der Waals surface area contributed by atoms with Crippen LogP contribution in [-0.4, -0.2) is 34.8 Å². The van der Waals surface area contributed by atoms with Gasteiger partial charge in [0, 0.05) is 6.42 Å². The van der Waals surface area contributed by atoms with Crippen molar-refractivity contribution in [2.24, 2.45) is 0 Å². The maximum atomic E-state index is 12.2. The smallest absolute Gasteiger partial charge is 0.408 e. The molecule has 7 nitrogen and oxygen atoms in total. The zero-order valence-electron chi connectivity index (χ0n) is 14.6. The molecule has 0 heterocycles. The van der Waals surface area contributed by atoms with Gasteiger partial charge in [0.25, 0.3) is 0 Å². The number of carbonyl (C=O) groups excluding carboxylic acids is 2. The molecule has 1 aromatic rings. The SMILES string of the molecule is C=C(Cc1ccccc1)OC(=O)[C@H](CC(=O)O)NC(=O)OC(C)(C)C. The number of allylic oxidation sites excluding steroid dienone is 1. The number of rotatable bonds is 7. The molecule has 0 saturated heterocycles. The van der Waals surface area contributed by atoms with Gasteiger partial charge in [-0.15, -0.1) is 0 Å². The van der Waals surface area contributed by atoms with Gasteiger partial charge in [-0.3, -0.25) is 4.79 Å². The zero-order valence-corrected chi connectivity index (χ0v) is 14.6. The second-order valence-electron chi connectivity index (χ2n) is 6.42. The van der Waals surface area contributed by atoms with Crippen LogP contribution in [0.15, 0.2) is 42.7 Å². The highest BCUT2D eigenvalue weighted by atomic mass is 16.6. The van der Waals surface area contributed by atoms with Gasteiger partial charge in [0.15, 0.2) is 0 Å². The van der Waals surface area contributed by atoms with Crippen LogP contribution in [0.5, 0.6) is 0 Å². The van der Waals surface area contributed by atoms with Crippen LogP contribution in [0.25, 0.3) is 0 Å². The van der Waals surface area contributed by atoms with E-state index in [0.29, 0.717) is 6.42 Å². The molecule has 7 heteroatoms. The van der Waals surface area contributed by atoms with Crippen molar-refractivity contribution in [3.63, 3.8) is 0 Å². The average Bonchev–Trinajstić information content (AvgIpc) is 2.44. The van der Waals surface area contributed by atoms with Crippen molar-refractivity contribution in [2.45, 2.75) is 45.3 Å². The predicted molar refractivity (Wildman–Crippen MR) is 90.8 cm³/mol. The lowest BCUT2D eigenvalue weighted by Crippen LogP contribution is -2.45. The van der Waals surface area contributed by atoms with Crippen LogP contribution in [0.3, 0.4) is 0 Å². The first kappa shape index (κ1) is 20.2. The number of hydrogen-bond acceptors (Lipinski definition) is 5. The Bertz CT molecular complexity index is 633. The Morgan fingerprint density at radius 1 is 1.20 bits per heavy atom. The minimum atomic E-state index is -1.38. The van der Waals surface area contributed by atoms with Crippen molar-refractivity contribution in [3.05, 3.63) is 48.2 Å². The van der Waals surface area contributed by atoms with Gasteiger partial charge in [0.05, 0.1) is 6.42 Å². The van der Waals surface area contributed by atoms with E-state index >= 15 is 0 Å². The fourth-order valence-electron chi connectivity index (χ4n) is 1.89. The Kier molecular flexibility index (Phi) is 7.17. The number of alkyl carbamates (subject to hydrolysis) is 1. The summed E-state index contributed by atoms with van der Waals surface area (Å²) in [5.74, 6) is -2.02. The van der Waals surface area contributed by atoms with E-state index < -0.39 is 36.1 Å². The molecule has 25 heavy (non-hydrogen) atoms. The number of carbonyl (C=O) groups is 3. The minimum Gasteiger partial charge on any atom is -0.481 e. The van der Waals surface area contributed by atoms with Gasteiger partial charge in [0.2, 0.25) is 0 Å². The molecule has 0 aliphatic carbocycles. The van der Waals surface area contributed by atoms with E-state index in [-0.39, 0.29) is 5.76 Å². The standard InChI is InChI=1S/C18H23NO6/c1-12(10-13-8-6-5-7-9-13)24-16(22)14(11-15(20)21)19-17(23)25-18(2,3)4/h5-9,14H,1,10-11H2,2-4H3,(H,19,23)(H,20,21)/t14-/m0/s1. The largest absolute Gasteiger partial charge is 0.481 e. The quantitative estimate of drug-likeness (QED) is 0.579. The van der Waals surface area contributed by atoms with E-state index in [1.165, 1.54) is 0 Å². The van der Waals surface area contributed by atoms with Crippen LogP contribution in [-0.2, 0) is 25.5 Å². The van der Waals surface area contributed by atoms with Gasteiger partial charge >= 0.3 is 18.0 Å². The van der Waals surface area contributed by atoms with E-state index in [4.69, 9.17) is 14.6 Å². The Balaban J connectivity index is 2.67. The van der Waals surface area contributed by atoms with E-state index in [0.717, 1.165) is 5.56 Å². The Labute approximate surface area is 146 Å². The van der Waals surface area contributed by atoms with Crippen LogP contribution >= 0.6 is 0 Å². The summed E-state index contributed by atoms with van der Waals surface area (Å²) >= 11 is 0. The molecular weight excluding hydrogens is 326 g/mol. The third-order valence-electron chi connectivity index (χ3n) is 2.84. The topological polar surface area (TPSA) is 102 Å². The fraction of sp³-hybridized carbons (Fsp3) is 0.389. The molecule has 0 spiro atoms. The summed E-state index contributed by atoms with van der Waals surface area (Å²) in [7, 11) is 0. The van der Waals surface area contributed by atoms with Crippen LogP contribution in [0.1, 0.15) is 32.8 Å². The number of nitrogens with one attached hydrogen (secondary N) is 1. The van der Waals surface area contributed by atoms with E-state index in [2.05, 4.69) is 11.9 Å². The highest BCUT2D eigenvalue weighted by molar-refractivity contribution is 5.86. The lowest BCUT2D eigenvalue weighted by atomic mass is 10.1. The highest BCUT2D eigenvalue weighted by Gasteiger charge is 2.28. The number of ether oxygens (including phenoxy) is 2. The average molecular weight is 349 g/mol. The molecule has 0 saturated carbocycles. The number of amides is 1. The lowest BCUT2D eigenvalue weighted by Gasteiger charge is -2.22. The molecule has 0 bridgehead atoms. The fourth-order valence-corrected chi connectivity index (χ4v) is 1.89. The summed E-state index contributed by atoms with van der Waals surface area (Å²) in [6.45, 7) is 8.61. The summed E-state index contributed by atoms with van der Waals surface area (Å²) in [5.41, 5.74) is 0.105. The third kappa shape index (κ3) is 8.55. The predicted octanol–water partition coefficient (Wildman–Crippen LogP) is 2.65. The number of carboxylic acid groups (broad SMARTS) is 1. The maximum absolute atomic E-state index is 12.2. The number of benzene rings is 1. The van der Waals surface area contributed by atoms with E-state index in [9.17, 15) is 14.4 Å². The van der Waals surface area contributed by atoms with Gasteiger partial charge in [-0.05, 0) is 26.3 Å². The second kappa shape index (κ2) is 8.86. The molecule has 0 aliphatic heterocycles. The van der Waals surface area contributed by atoms with Gasteiger partial charge in [-0.2, -0.15) is 0 Å². The highest BCUT2D eigenvalue weighted by Crippen LogP contribution is 2.11. The molecule has 0 aliphatic rings. The molecule has 0 fully saturated rings. The third-order valence-corrected chi connectivity index (χ3v) is 2.84. The Morgan fingerprint density at radius 3 is 2.32 bits per heavy atom. The summed E-state index contributed by atoms with van der Waals surface area (Å²) < 4.78 is 10.1. The molecule has 2 N–H and O–H groups in total. The van der Waals surface area contributed by atoms with E-state index in [1.807, 2.05) is 30.3 Å². The van der Waals surface area contributed by atoms with Crippen molar-refractivity contribution in [2.75, 3.05) is 0 Å². The van der Waals surface area contributed by atoms with Gasteiger partial charge in [-0.25, -0.2) is 9.59 Å². The normalized spacial score (nSPS) is 12.0. The molecule has 0 unspecified atom stereocenters. The number of hydrogen-bond donors (Lipinski definition) is 2. The summed E-state index contributed by atoms with van der Waals surface area (Å²) in [6.07, 6.45) is -1.24. The van der Waals surface area contributed by atoms with Crippen molar-refractivity contribution < 1.29 is 29.0 Å². The van der Waals surface area contributed by atoms with Crippen molar-refractivity contribution in [1.82, 2.24) is 5.32 Å². The van der Waals surface area contributed by atoms with Crippen LogP contribution < -0.4 is 5.32 Å². The first-order chi connectivity index (χ1) is 11.6. The molecule has 1 amide bonds. The Morgan fingerprint density at radius 2 is 1.80 bits per heavy atom. The molecule has 0 aromatic heterocycles. The van der Waals surface area contributed by atoms with Crippen LogP contribution in [0.4, 0.5) is 4.79 Å². The van der Waals surface area contributed by atoms with Crippen molar-refractivity contribution >= 4 is 18.0 Å². The summed E-state index contributed by atoms with van der Waals surface area (Å²) in [6, 6.07) is 7.83. The van der Waals surface area contributed by atoms with Crippen LogP contribution in [0, 0.1) is 0 Å². The molecular formula is C18H23NO6. The van der Waals surface area contributed by atoms with Gasteiger partial charge in [-0.1, -0.05) is 36.9 Å². The lowest BCUT2D eigenvalue weighted by molar-refractivity contribution is -0.147. The second-order valence-corrected chi connectivity index (χ2v) is 6.42. The molecule has 136 valence electrons. The van der Waals surface area contributed by atoms with Crippen LogP contribution in [0.2, 0.25) is 0 Å². The first-order valence-corrected chi connectivity index (χ1v) is 7.71. The Hall–Kier alpha value is -2.83. The number of esters is 1. The maximum Gasteiger partial charge on any atom is 0.408 e. The monoisotopic (exact) mass is 349 g/mol. The number of aliphatic carboxylic acids is 1. The molecule has 1 rings (SSSR count). The zero-order chi connectivity index (χ0) is 19.0. The van der Waals surface area contributed by atoms with Gasteiger partial charge < -0.3 is 19.9 Å². The van der Waals surface area contributed by atoms with E-state index in [1.54, 1.807) is 20.8 Å². The molecule has 1 atom stereocenters. The minimum absolute atomic E-state index is 0.151. The van der Waals surface area contributed by atoms with Crippen molar-refractivity contribution in [3.8, 4) is 0 Å². The summed E-state index contributed by atoms with van der Waals surface area (Å²) in [5, 5.41) is 11.1. The molecule has 0 radical (unpaired) electrons. The summed E-state index contributed by atoms with van der Waals surface area (Å²) in [4.78, 5) is 34.9. The first-order valence-electron chi connectivity index (χ1n) is 7.71. The van der Waals surface area contributed by atoms with Crippen molar-refractivity contribution in [1.29, 1.82) is 0 Å². The molecule has 1 aromatic carbocycles. The van der Waals surface area contributed by atoms with Gasteiger partial charge in [0.1, 0.15) is 17.4 Å².